The highest BCUT2D eigenvalue weighted by Crippen LogP contribution is 2.42. The van der Waals surface area contributed by atoms with Crippen LogP contribution in [-0.4, -0.2) is 18.2 Å². The number of alkyl halides is 3. The van der Waals surface area contributed by atoms with E-state index in [9.17, 15) is 18.3 Å². The average molecular weight is 367 g/mol. The fourth-order valence-corrected chi connectivity index (χ4v) is 4.02. The lowest BCUT2D eigenvalue weighted by molar-refractivity contribution is -0.137. The molecule has 1 heterocycles. The van der Waals surface area contributed by atoms with Gasteiger partial charge in [0.25, 0.3) is 0 Å². The Kier molecular flexibility index (Phi) is 5.14. The van der Waals surface area contributed by atoms with E-state index in [2.05, 4.69) is 5.32 Å². The van der Waals surface area contributed by atoms with Crippen molar-refractivity contribution >= 4 is 11.8 Å². The van der Waals surface area contributed by atoms with Gasteiger partial charge in [0.15, 0.2) is 0 Å². The van der Waals surface area contributed by atoms with Crippen molar-refractivity contribution in [1.29, 1.82) is 0 Å². The summed E-state index contributed by atoms with van der Waals surface area (Å²) in [4.78, 5) is 1.60. The normalized spacial score (nSPS) is 17.5. The lowest BCUT2D eigenvalue weighted by atomic mass is 9.84. The first kappa shape index (κ1) is 18.3. The third-order valence-electron chi connectivity index (χ3n) is 4.49. The lowest BCUT2D eigenvalue weighted by Gasteiger charge is -2.34. The molecule has 134 valence electrons. The average Bonchev–Trinajstić information content (AvgIpc) is 2.57. The zero-order chi connectivity index (χ0) is 18.1. The van der Waals surface area contributed by atoms with Crippen molar-refractivity contribution in [2.24, 2.45) is 0 Å². The molecule has 0 spiro atoms. The van der Waals surface area contributed by atoms with Gasteiger partial charge in [-0.15, -0.1) is 0 Å². The van der Waals surface area contributed by atoms with Gasteiger partial charge in [-0.05, 0) is 68.8 Å². The van der Waals surface area contributed by atoms with Crippen LogP contribution in [0, 0.1) is 6.92 Å². The second-order valence-corrected chi connectivity index (χ2v) is 7.52. The summed E-state index contributed by atoms with van der Waals surface area (Å²) in [5.41, 5.74) is -0.467. The highest BCUT2D eigenvalue weighted by molar-refractivity contribution is 7.99. The Bertz CT molecular complexity index is 737. The number of benzene rings is 2. The molecule has 0 saturated carbocycles. The third-order valence-corrected chi connectivity index (χ3v) is 5.57. The fourth-order valence-electron chi connectivity index (χ4n) is 3.00. The molecule has 25 heavy (non-hydrogen) atoms. The minimum absolute atomic E-state index is 0.370. The van der Waals surface area contributed by atoms with Crippen molar-refractivity contribution in [3.8, 4) is 0 Å². The molecule has 1 aliphatic heterocycles. The zero-order valence-corrected chi connectivity index (χ0v) is 14.7. The minimum Gasteiger partial charge on any atom is -0.385 e. The molecule has 0 unspecified atom stereocenters. The van der Waals surface area contributed by atoms with Crippen molar-refractivity contribution < 1.29 is 18.3 Å². The largest absolute Gasteiger partial charge is 0.416 e. The predicted octanol–water partition coefficient (Wildman–Crippen LogP) is 4.74. The van der Waals surface area contributed by atoms with Crippen molar-refractivity contribution in [3.63, 3.8) is 0 Å². The van der Waals surface area contributed by atoms with Crippen LogP contribution in [0.3, 0.4) is 0 Å². The summed E-state index contributed by atoms with van der Waals surface area (Å²) in [7, 11) is 0. The van der Waals surface area contributed by atoms with Crippen LogP contribution in [0.25, 0.3) is 0 Å². The second-order valence-electron chi connectivity index (χ2n) is 6.41. The van der Waals surface area contributed by atoms with Gasteiger partial charge >= 0.3 is 6.18 Å². The van der Waals surface area contributed by atoms with Crippen LogP contribution in [0.2, 0.25) is 0 Å². The highest BCUT2D eigenvalue weighted by Gasteiger charge is 2.37. The molecule has 2 N–H and O–H groups in total. The van der Waals surface area contributed by atoms with Crippen LogP contribution in [0.1, 0.15) is 29.5 Å². The van der Waals surface area contributed by atoms with Crippen LogP contribution in [-0.2, 0) is 11.8 Å². The van der Waals surface area contributed by atoms with Crippen molar-refractivity contribution in [2.45, 2.75) is 41.3 Å². The van der Waals surface area contributed by atoms with Gasteiger partial charge in [0, 0.05) is 9.79 Å². The van der Waals surface area contributed by atoms with Crippen molar-refractivity contribution in [3.05, 3.63) is 59.2 Å². The molecular formula is C19H20F3NOS. The number of nitrogens with one attached hydrogen (secondary N) is 1. The topological polar surface area (TPSA) is 32.3 Å². The molecular weight excluding hydrogens is 347 g/mol. The summed E-state index contributed by atoms with van der Waals surface area (Å²) in [5.74, 6) is 0. The van der Waals surface area contributed by atoms with Crippen LogP contribution < -0.4 is 5.32 Å². The smallest absolute Gasteiger partial charge is 0.385 e. The third kappa shape index (κ3) is 4.19. The number of piperidine rings is 1. The van der Waals surface area contributed by atoms with E-state index in [1.807, 2.05) is 31.2 Å². The number of hydrogen-bond donors (Lipinski definition) is 2. The maximum atomic E-state index is 13.2. The number of halogens is 3. The monoisotopic (exact) mass is 367 g/mol. The first-order valence-electron chi connectivity index (χ1n) is 8.17. The van der Waals surface area contributed by atoms with Crippen LogP contribution >= 0.6 is 11.8 Å². The van der Waals surface area contributed by atoms with Crippen LogP contribution in [0.5, 0.6) is 0 Å². The Labute approximate surface area is 149 Å². The molecule has 0 radical (unpaired) electrons. The molecule has 2 aromatic carbocycles. The first-order chi connectivity index (χ1) is 11.8. The Balaban J connectivity index is 2.02. The van der Waals surface area contributed by atoms with E-state index in [1.165, 1.54) is 17.8 Å². The van der Waals surface area contributed by atoms with Gasteiger partial charge in [0.05, 0.1) is 11.2 Å². The number of rotatable bonds is 3. The van der Waals surface area contributed by atoms with Crippen LogP contribution in [0.4, 0.5) is 13.2 Å². The van der Waals surface area contributed by atoms with E-state index in [0.717, 1.165) is 22.6 Å². The lowest BCUT2D eigenvalue weighted by Crippen LogP contribution is -2.40. The summed E-state index contributed by atoms with van der Waals surface area (Å²) in [5, 5.41) is 14.2. The van der Waals surface area contributed by atoms with Gasteiger partial charge in [0.1, 0.15) is 0 Å². The van der Waals surface area contributed by atoms with Gasteiger partial charge in [-0.25, -0.2) is 0 Å². The van der Waals surface area contributed by atoms with E-state index < -0.39 is 17.3 Å². The number of aryl methyl sites for hydroxylation is 1. The molecule has 1 fully saturated rings. The summed E-state index contributed by atoms with van der Waals surface area (Å²) in [6, 6.07) is 11.5. The van der Waals surface area contributed by atoms with Gasteiger partial charge in [-0.3, -0.25) is 0 Å². The summed E-state index contributed by atoms with van der Waals surface area (Å²) < 4.78 is 39.5. The number of aliphatic hydroxyl groups is 1. The van der Waals surface area contributed by atoms with E-state index in [1.54, 1.807) is 0 Å². The molecule has 1 saturated heterocycles. The summed E-state index contributed by atoms with van der Waals surface area (Å²) in [6.45, 7) is 3.15. The second kappa shape index (κ2) is 7.02. The molecule has 0 atom stereocenters. The van der Waals surface area contributed by atoms with Crippen molar-refractivity contribution in [2.75, 3.05) is 13.1 Å². The van der Waals surface area contributed by atoms with Gasteiger partial charge in [-0.1, -0.05) is 29.5 Å². The molecule has 2 nitrogen and oxygen atoms in total. The Hall–Kier alpha value is -1.50. The molecule has 0 bridgehead atoms. The molecule has 0 aromatic heterocycles. The zero-order valence-electron chi connectivity index (χ0n) is 13.9. The van der Waals surface area contributed by atoms with Gasteiger partial charge < -0.3 is 10.4 Å². The Morgan fingerprint density at radius 1 is 1.04 bits per heavy atom. The minimum atomic E-state index is -4.43. The Morgan fingerprint density at radius 2 is 1.68 bits per heavy atom. The quantitative estimate of drug-likeness (QED) is 0.822. The molecule has 3 rings (SSSR count). The van der Waals surface area contributed by atoms with Crippen molar-refractivity contribution in [1.82, 2.24) is 5.32 Å². The van der Waals surface area contributed by atoms with Gasteiger partial charge in [0.2, 0.25) is 0 Å². The molecule has 1 aliphatic rings. The number of hydrogen-bond acceptors (Lipinski definition) is 3. The fraction of sp³-hybridized carbons (Fsp3) is 0.368. The molecule has 0 aliphatic carbocycles. The van der Waals surface area contributed by atoms with E-state index in [-0.39, 0.29) is 0 Å². The van der Waals surface area contributed by atoms with E-state index in [0.29, 0.717) is 36.4 Å². The summed E-state index contributed by atoms with van der Waals surface area (Å²) in [6.07, 6.45) is -3.63. The van der Waals surface area contributed by atoms with Crippen LogP contribution in [0.15, 0.2) is 52.3 Å². The predicted molar refractivity (Wildman–Crippen MR) is 92.7 cm³/mol. The van der Waals surface area contributed by atoms with E-state index >= 15 is 0 Å². The summed E-state index contributed by atoms with van der Waals surface area (Å²) >= 11 is 1.39. The SMILES string of the molecule is Cc1ccc(Sc2ccc(C(F)(F)F)cc2C2(O)CCNCC2)cc1. The standard InChI is InChI=1S/C19H20F3NOS/c1-13-2-5-15(6-3-13)25-17-7-4-14(19(20,21)22)12-16(17)18(24)8-10-23-11-9-18/h2-7,12,23-24H,8-11H2,1H3. The molecule has 6 heteroatoms. The Morgan fingerprint density at radius 3 is 2.28 bits per heavy atom. The molecule has 0 amide bonds. The van der Waals surface area contributed by atoms with Gasteiger partial charge in [-0.2, -0.15) is 13.2 Å². The van der Waals surface area contributed by atoms with E-state index in [4.69, 9.17) is 0 Å². The molecule has 2 aromatic rings. The maximum absolute atomic E-state index is 13.2. The first-order valence-corrected chi connectivity index (χ1v) is 8.99. The highest BCUT2D eigenvalue weighted by atomic mass is 32.2. The maximum Gasteiger partial charge on any atom is 0.416 e.